The van der Waals surface area contributed by atoms with Crippen LogP contribution < -0.4 is 11.3 Å². The smallest absolute Gasteiger partial charge is 0.0534 e. The number of halogens is 1. The number of nitrogen functional groups attached to an aromatic ring is 1. The van der Waals surface area contributed by atoms with Crippen LogP contribution in [0.1, 0.15) is 38.2 Å². The zero-order valence-corrected chi connectivity index (χ0v) is 9.43. The molecule has 0 saturated heterocycles. The standard InChI is InChI=1S/C11H17ClN2/c1-3-8(4-2)10-6-5-9(12)7-11(10)14-13/h5-8,14H,3-4,13H2,1-2H3. The fourth-order valence-electron chi connectivity index (χ4n) is 1.74. The SMILES string of the molecule is CCC(CC)c1ccc(Cl)cc1NN. The summed E-state index contributed by atoms with van der Waals surface area (Å²) < 4.78 is 0. The number of rotatable bonds is 4. The minimum Gasteiger partial charge on any atom is -0.324 e. The molecule has 14 heavy (non-hydrogen) atoms. The molecule has 0 unspecified atom stereocenters. The van der Waals surface area contributed by atoms with Gasteiger partial charge in [-0.25, -0.2) is 0 Å². The molecular weight excluding hydrogens is 196 g/mol. The molecule has 3 heteroatoms. The van der Waals surface area contributed by atoms with Gasteiger partial charge in [0.05, 0.1) is 5.69 Å². The first kappa shape index (κ1) is 11.3. The summed E-state index contributed by atoms with van der Waals surface area (Å²) in [6.45, 7) is 4.37. The summed E-state index contributed by atoms with van der Waals surface area (Å²) in [6, 6.07) is 5.83. The number of nitrogens with one attached hydrogen (secondary N) is 1. The highest BCUT2D eigenvalue weighted by molar-refractivity contribution is 6.30. The first-order chi connectivity index (χ1) is 6.72. The number of benzene rings is 1. The second-order valence-electron chi connectivity index (χ2n) is 3.39. The normalized spacial score (nSPS) is 10.6. The average Bonchev–Trinajstić information content (AvgIpc) is 2.21. The second-order valence-corrected chi connectivity index (χ2v) is 3.83. The van der Waals surface area contributed by atoms with Gasteiger partial charge in [-0.1, -0.05) is 31.5 Å². The van der Waals surface area contributed by atoms with Gasteiger partial charge >= 0.3 is 0 Å². The van der Waals surface area contributed by atoms with Crippen molar-refractivity contribution >= 4 is 17.3 Å². The summed E-state index contributed by atoms with van der Waals surface area (Å²) in [6.07, 6.45) is 2.24. The lowest BCUT2D eigenvalue weighted by molar-refractivity contribution is 0.643. The highest BCUT2D eigenvalue weighted by atomic mass is 35.5. The van der Waals surface area contributed by atoms with Gasteiger partial charge in [0.15, 0.2) is 0 Å². The van der Waals surface area contributed by atoms with Gasteiger partial charge in [0, 0.05) is 5.02 Å². The molecule has 0 aliphatic rings. The van der Waals surface area contributed by atoms with E-state index in [1.807, 2.05) is 12.1 Å². The van der Waals surface area contributed by atoms with Gasteiger partial charge < -0.3 is 5.43 Å². The molecule has 0 saturated carbocycles. The quantitative estimate of drug-likeness (QED) is 0.592. The number of anilines is 1. The van der Waals surface area contributed by atoms with Crippen molar-refractivity contribution in [2.24, 2.45) is 5.84 Å². The predicted molar refractivity (Wildman–Crippen MR) is 62.6 cm³/mol. The molecule has 0 aromatic heterocycles. The average molecular weight is 213 g/mol. The lowest BCUT2D eigenvalue weighted by atomic mass is 9.93. The summed E-state index contributed by atoms with van der Waals surface area (Å²) in [7, 11) is 0. The molecule has 3 N–H and O–H groups in total. The molecule has 1 aromatic rings. The van der Waals surface area contributed by atoms with E-state index >= 15 is 0 Å². The van der Waals surface area contributed by atoms with Crippen LogP contribution in [0.25, 0.3) is 0 Å². The molecule has 0 radical (unpaired) electrons. The Morgan fingerprint density at radius 1 is 1.36 bits per heavy atom. The van der Waals surface area contributed by atoms with E-state index in [-0.39, 0.29) is 0 Å². The Bertz CT molecular complexity index is 295. The Balaban J connectivity index is 3.06. The minimum atomic E-state index is 0.554. The lowest BCUT2D eigenvalue weighted by Gasteiger charge is -2.17. The fourth-order valence-corrected chi connectivity index (χ4v) is 1.91. The van der Waals surface area contributed by atoms with Crippen LogP contribution in [0, 0.1) is 0 Å². The van der Waals surface area contributed by atoms with Gasteiger partial charge in [-0.05, 0) is 36.5 Å². The third-order valence-corrected chi connectivity index (χ3v) is 2.83. The highest BCUT2D eigenvalue weighted by Crippen LogP contribution is 2.31. The topological polar surface area (TPSA) is 38.0 Å². The van der Waals surface area contributed by atoms with E-state index in [0.717, 1.165) is 18.5 Å². The van der Waals surface area contributed by atoms with Crippen LogP contribution >= 0.6 is 11.6 Å². The minimum absolute atomic E-state index is 0.554. The molecule has 0 fully saturated rings. The molecule has 1 rings (SSSR count). The van der Waals surface area contributed by atoms with Crippen LogP contribution in [0.3, 0.4) is 0 Å². The molecule has 0 atom stereocenters. The van der Waals surface area contributed by atoms with E-state index in [4.69, 9.17) is 17.4 Å². The van der Waals surface area contributed by atoms with Gasteiger partial charge in [0.1, 0.15) is 0 Å². The third kappa shape index (κ3) is 2.40. The molecule has 0 amide bonds. The summed E-state index contributed by atoms with van der Waals surface area (Å²) in [5.41, 5.74) is 4.89. The molecular formula is C11H17ClN2. The number of hydrogen-bond acceptors (Lipinski definition) is 2. The zero-order chi connectivity index (χ0) is 10.6. The first-order valence-electron chi connectivity index (χ1n) is 4.99. The highest BCUT2D eigenvalue weighted by Gasteiger charge is 2.11. The zero-order valence-electron chi connectivity index (χ0n) is 8.68. The number of hydrazine groups is 1. The Labute approximate surface area is 90.4 Å². The van der Waals surface area contributed by atoms with Crippen molar-refractivity contribution in [2.75, 3.05) is 5.43 Å². The molecule has 0 bridgehead atoms. The molecule has 0 spiro atoms. The van der Waals surface area contributed by atoms with Crippen molar-refractivity contribution in [1.82, 2.24) is 0 Å². The van der Waals surface area contributed by atoms with Crippen molar-refractivity contribution in [2.45, 2.75) is 32.6 Å². The first-order valence-corrected chi connectivity index (χ1v) is 5.36. The maximum Gasteiger partial charge on any atom is 0.0534 e. The Kier molecular flexibility index (Phi) is 4.23. The summed E-state index contributed by atoms with van der Waals surface area (Å²) in [4.78, 5) is 0. The van der Waals surface area contributed by atoms with Crippen molar-refractivity contribution in [3.8, 4) is 0 Å². The Morgan fingerprint density at radius 2 is 2.00 bits per heavy atom. The maximum absolute atomic E-state index is 5.89. The van der Waals surface area contributed by atoms with Crippen LogP contribution in [0.5, 0.6) is 0 Å². The van der Waals surface area contributed by atoms with E-state index < -0.39 is 0 Å². The van der Waals surface area contributed by atoms with E-state index in [1.165, 1.54) is 5.56 Å². The van der Waals surface area contributed by atoms with Crippen LogP contribution in [-0.2, 0) is 0 Å². The summed E-state index contributed by atoms with van der Waals surface area (Å²) >= 11 is 5.89. The Morgan fingerprint density at radius 3 is 2.50 bits per heavy atom. The third-order valence-electron chi connectivity index (χ3n) is 2.60. The monoisotopic (exact) mass is 212 g/mol. The van der Waals surface area contributed by atoms with Crippen molar-refractivity contribution < 1.29 is 0 Å². The summed E-state index contributed by atoms with van der Waals surface area (Å²) in [5, 5.41) is 0.715. The van der Waals surface area contributed by atoms with Crippen molar-refractivity contribution in [1.29, 1.82) is 0 Å². The molecule has 0 aliphatic carbocycles. The van der Waals surface area contributed by atoms with E-state index in [9.17, 15) is 0 Å². The predicted octanol–water partition coefficient (Wildman–Crippen LogP) is 3.53. The molecule has 0 aliphatic heterocycles. The van der Waals surface area contributed by atoms with Crippen LogP contribution in [-0.4, -0.2) is 0 Å². The number of hydrogen-bond donors (Lipinski definition) is 2. The molecule has 2 nitrogen and oxygen atoms in total. The van der Waals surface area contributed by atoms with Gasteiger partial charge in [-0.3, -0.25) is 5.84 Å². The Hall–Kier alpha value is -0.730. The molecule has 1 aromatic carbocycles. The lowest BCUT2D eigenvalue weighted by Crippen LogP contribution is -2.11. The van der Waals surface area contributed by atoms with Gasteiger partial charge in [-0.2, -0.15) is 0 Å². The van der Waals surface area contributed by atoms with Crippen LogP contribution in [0.15, 0.2) is 18.2 Å². The van der Waals surface area contributed by atoms with E-state index in [0.29, 0.717) is 10.9 Å². The molecule has 0 heterocycles. The van der Waals surface area contributed by atoms with Gasteiger partial charge in [0.2, 0.25) is 0 Å². The van der Waals surface area contributed by atoms with Crippen molar-refractivity contribution in [3.63, 3.8) is 0 Å². The van der Waals surface area contributed by atoms with Crippen LogP contribution in [0.4, 0.5) is 5.69 Å². The summed E-state index contributed by atoms with van der Waals surface area (Å²) in [5.74, 6) is 6.01. The van der Waals surface area contributed by atoms with Gasteiger partial charge in [-0.15, -0.1) is 0 Å². The maximum atomic E-state index is 5.89. The van der Waals surface area contributed by atoms with Gasteiger partial charge in [0.25, 0.3) is 0 Å². The van der Waals surface area contributed by atoms with E-state index in [2.05, 4.69) is 25.3 Å². The van der Waals surface area contributed by atoms with Crippen molar-refractivity contribution in [3.05, 3.63) is 28.8 Å². The largest absolute Gasteiger partial charge is 0.324 e. The fraction of sp³-hybridized carbons (Fsp3) is 0.455. The second kappa shape index (κ2) is 5.23. The number of nitrogens with two attached hydrogens (primary N) is 1. The molecule has 78 valence electrons. The van der Waals surface area contributed by atoms with Crippen LogP contribution in [0.2, 0.25) is 5.02 Å². The van der Waals surface area contributed by atoms with E-state index in [1.54, 1.807) is 0 Å².